The molecule has 4 nitrogen and oxygen atoms in total. The van der Waals surface area contributed by atoms with Gasteiger partial charge in [0.15, 0.2) is 5.75 Å². The normalized spacial score (nSPS) is 15.8. The fourth-order valence-electron chi connectivity index (χ4n) is 2.23. The quantitative estimate of drug-likeness (QED) is 0.340. The van der Waals surface area contributed by atoms with Gasteiger partial charge in [0.25, 0.3) is 11.1 Å². The third kappa shape index (κ3) is 4.44. The van der Waals surface area contributed by atoms with E-state index in [9.17, 15) is 9.59 Å². The van der Waals surface area contributed by atoms with Crippen molar-refractivity contribution in [2.24, 2.45) is 0 Å². The largest absolute Gasteiger partial charge is 0.486 e. The average Bonchev–Trinajstić information content (AvgIpc) is 2.83. The van der Waals surface area contributed by atoms with E-state index >= 15 is 0 Å². The van der Waals surface area contributed by atoms with Crippen molar-refractivity contribution in [3.63, 3.8) is 0 Å². The van der Waals surface area contributed by atoms with E-state index in [2.05, 4.69) is 38.5 Å². The Bertz CT molecular complexity index is 894. The highest BCUT2D eigenvalue weighted by atomic mass is 127. The van der Waals surface area contributed by atoms with Gasteiger partial charge in [0.2, 0.25) is 0 Å². The van der Waals surface area contributed by atoms with Crippen molar-refractivity contribution in [3.8, 4) is 5.75 Å². The first-order valence-corrected chi connectivity index (χ1v) is 10.5. The van der Waals surface area contributed by atoms with Crippen LogP contribution in [0.25, 0.3) is 6.08 Å². The summed E-state index contributed by atoms with van der Waals surface area (Å²) in [5.74, 6) is 0.220. The van der Waals surface area contributed by atoms with E-state index in [0.717, 1.165) is 25.8 Å². The predicted molar refractivity (Wildman–Crippen MR) is 116 cm³/mol. The number of thioether (sulfide) groups is 1. The Labute approximate surface area is 182 Å². The molecule has 1 fully saturated rings. The third-order valence-corrected chi connectivity index (χ3v) is 6.15. The number of ether oxygens (including phenoxy) is 1. The Morgan fingerprint density at radius 3 is 2.54 bits per heavy atom. The standard InChI is InChI=1S/C18H12BrClINO3S/c1-22-17(23)15(26-18(22)24)8-11-6-13(19)16(14(20)7-11)25-9-10-2-4-12(21)5-3-10/h2-8H,9H2,1H3/b15-8-. The number of carbonyl (C=O) groups excluding carboxylic acids is 2. The Hall–Kier alpha value is -1.03. The lowest BCUT2D eigenvalue weighted by molar-refractivity contribution is -0.121. The molecular weight excluding hydrogens is 553 g/mol. The molecule has 1 heterocycles. The molecule has 0 saturated carbocycles. The van der Waals surface area contributed by atoms with Gasteiger partial charge in [-0.05, 0) is 91.8 Å². The van der Waals surface area contributed by atoms with Gasteiger partial charge in [0.05, 0.1) is 14.4 Å². The van der Waals surface area contributed by atoms with Crippen LogP contribution in [-0.4, -0.2) is 23.1 Å². The van der Waals surface area contributed by atoms with Crippen molar-refractivity contribution in [1.29, 1.82) is 0 Å². The van der Waals surface area contributed by atoms with E-state index in [1.165, 1.54) is 7.05 Å². The molecule has 2 aromatic rings. The minimum absolute atomic E-state index is 0.288. The van der Waals surface area contributed by atoms with Crippen LogP contribution in [0.2, 0.25) is 5.02 Å². The fourth-order valence-corrected chi connectivity index (χ4v) is 4.41. The number of likely N-dealkylation sites (N-methyl/N-ethyl adjacent to an activating group) is 1. The fraction of sp³-hybridized carbons (Fsp3) is 0.111. The predicted octanol–water partition coefficient (Wildman–Crippen LogP) is 5.95. The second-order valence-corrected chi connectivity index (χ2v) is 8.97. The molecule has 2 amide bonds. The molecule has 0 N–H and O–H groups in total. The van der Waals surface area contributed by atoms with Crippen LogP contribution in [0.5, 0.6) is 5.75 Å². The highest BCUT2D eigenvalue weighted by Gasteiger charge is 2.31. The minimum Gasteiger partial charge on any atom is -0.486 e. The summed E-state index contributed by atoms with van der Waals surface area (Å²) in [6, 6.07) is 11.5. The first-order valence-electron chi connectivity index (χ1n) is 7.43. The van der Waals surface area contributed by atoms with Crippen LogP contribution in [0.15, 0.2) is 45.8 Å². The molecule has 134 valence electrons. The summed E-state index contributed by atoms with van der Waals surface area (Å²) in [5.41, 5.74) is 1.75. The number of hydrogen-bond donors (Lipinski definition) is 0. The van der Waals surface area contributed by atoms with E-state index < -0.39 is 0 Å². The third-order valence-electron chi connectivity index (χ3n) is 3.60. The number of benzene rings is 2. The lowest BCUT2D eigenvalue weighted by Crippen LogP contribution is -2.22. The van der Waals surface area contributed by atoms with Crippen LogP contribution in [0.3, 0.4) is 0 Å². The Morgan fingerprint density at radius 1 is 1.27 bits per heavy atom. The molecule has 2 aromatic carbocycles. The summed E-state index contributed by atoms with van der Waals surface area (Å²) in [6.07, 6.45) is 1.65. The molecule has 0 unspecified atom stereocenters. The summed E-state index contributed by atoms with van der Waals surface area (Å²) in [7, 11) is 1.46. The van der Waals surface area contributed by atoms with Gasteiger partial charge in [-0.25, -0.2) is 0 Å². The van der Waals surface area contributed by atoms with E-state index in [0.29, 0.717) is 32.3 Å². The number of imide groups is 1. The maximum absolute atomic E-state index is 12.0. The highest BCUT2D eigenvalue weighted by molar-refractivity contribution is 14.1. The summed E-state index contributed by atoms with van der Waals surface area (Å²) in [5, 5.41) is 0.135. The minimum atomic E-state index is -0.314. The van der Waals surface area contributed by atoms with Gasteiger partial charge in [-0.15, -0.1) is 0 Å². The van der Waals surface area contributed by atoms with Crippen LogP contribution in [0.4, 0.5) is 4.79 Å². The zero-order valence-corrected chi connectivity index (χ0v) is 18.8. The lowest BCUT2D eigenvalue weighted by Gasteiger charge is -2.11. The van der Waals surface area contributed by atoms with Crippen LogP contribution >= 0.6 is 61.9 Å². The van der Waals surface area contributed by atoms with Gasteiger partial charge in [-0.3, -0.25) is 14.5 Å². The van der Waals surface area contributed by atoms with Crippen molar-refractivity contribution < 1.29 is 14.3 Å². The summed E-state index contributed by atoms with van der Waals surface area (Å²) in [4.78, 5) is 25.0. The summed E-state index contributed by atoms with van der Waals surface area (Å²) >= 11 is 13.0. The Kier molecular flexibility index (Phi) is 6.32. The van der Waals surface area contributed by atoms with Crippen LogP contribution in [0.1, 0.15) is 11.1 Å². The molecule has 1 saturated heterocycles. The highest BCUT2D eigenvalue weighted by Crippen LogP contribution is 2.37. The maximum atomic E-state index is 12.0. The van der Waals surface area contributed by atoms with Crippen molar-refractivity contribution in [2.75, 3.05) is 7.05 Å². The van der Waals surface area contributed by atoms with E-state index in [4.69, 9.17) is 16.3 Å². The second-order valence-electron chi connectivity index (χ2n) is 5.47. The molecule has 0 aromatic heterocycles. The van der Waals surface area contributed by atoms with Crippen LogP contribution in [-0.2, 0) is 11.4 Å². The van der Waals surface area contributed by atoms with Gasteiger partial charge >= 0.3 is 0 Å². The molecule has 3 rings (SSSR count). The Morgan fingerprint density at radius 2 is 1.96 bits per heavy atom. The zero-order valence-electron chi connectivity index (χ0n) is 13.5. The van der Waals surface area contributed by atoms with Crippen molar-refractivity contribution >= 4 is 79.1 Å². The van der Waals surface area contributed by atoms with E-state index in [1.807, 2.05) is 24.3 Å². The van der Waals surface area contributed by atoms with Crippen molar-refractivity contribution in [2.45, 2.75) is 6.61 Å². The molecule has 26 heavy (non-hydrogen) atoms. The SMILES string of the molecule is CN1C(=O)S/C(=C\c2cc(Cl)c(OCc3ccc(I)cc3)c(Br)c2)C1=O. The molecule has 0 spiro atoms. The smallest absolute Gasteiger partial charge is 0.293 e. The lowest BCUT2D eigenvalue weighted by atomic mass is 10.2. The summed E-state index contributed by atoms with van der Waals surface area (Å²) in [6.45, 7) is 0.392. The first-order chi connectivity index (χ1) is 12.3. The van der Waals surface area contributed by atoms with Crippen LogP contribution < -0.4 is 4.74 Å². The first kappa shape index (κ1) is 19.7. The van der Waals surface area contributed by atoms with E-state index in [-0.39, 0.29) is 11.1 Å². The molecule has 0 radical (unpaired) electrons. The van der Waals surface area contributed by atoms with Crippen molar-refractivity contribution in [1.82, 2.24) is 4.90 Å². The molecule has 0 atom stereocenters. The second kappa shape index (κ2) is 8.33. The molecule has 8 heteroatoms. The van der Waals surface area contributed by atoms with E-state index in [1.54, 1.807) is 18.2 Å². The number of hydrogen-bond acceptors (Lipinski definition) is 4. The molecule has 0 aliphatic carbocycles. The van der Waals surface area contributed by atoms with Crippen LogP contribution in [0, 0.1) is 3.57 Å². The van der Waals surface area contributed by atoms with Gasteiger partial charge in [-0.2, -0.15) is 0 Å². The molecule has 0 bridgehead atoms. The number of amides is 2. The monoisotopic (exact) mass is 563 g/mol. The summed E-state index contributed by atoms with van der Waals surface area (Å²) < 4.78 is 7.67. The Balaban J connectivity index is 1.79. The number of carbonyl (C=O) groups is 2. The number of halogens is 3. The average molecular weight is 565 g/mol. The number of rotatable bonds is 4. The zero-order chi connectivity index (χ0) is 18.8. The van der Waals surface area contributed by atoms with Crippen molar-refractivity contribution in [3.05, 3.63) is 65.5 Å². The van der Waals surface area contributed by atoms with Gasteiger partial charge < -0.3 is 4.74 Å². The van der Waals surface area contributed by atoms with Gasteiger partial charge in [0.1, 0.15) is 6.61 Å². The number of nitrogens with zero attached hydrogens (tertiary/aromatic N) is 1. The molecule has 1 aliphatic heterocycles. The van der Waals surface area contributed by atoms with Gasteiger partial charge in [0, 0.05) is 10.6 Å². The molecule has 1 aliphatic rings. The topological polar surface area (TPSA) is 46.6 Å². The molecular formula is C18H12BrClINO3S. The maximum Gasteiger partial charge on any atom is 0.293 e. The van der Waals surface area contributed by atoms with Gasteiger partial charge in [-0.1, -0.05) is 23.7 Å².